The number of aromatic nitrogens is 3. The van der Waals surface area contributed by atoms with Gasteiger partial charge < -0.3 is 0 Å². The van der Waals surface area contributed by atoms with E-state index in [1.54, 1.807) is 29.8 Å². The zero-order valence-corrected chi connectivity index (χ0v) is 20.9. The van der Waals surface area contributed by atoms with E-state index in [-0.39, 0.29) is 33.2 Å². The lowest BCUT2D eigenvalue weighted by molar-refractivity contribution is -0.147. The van der Waals surface area contributed by atoms with Crippen LogP contribution >= 0.6 is 11.6 Å². The van der Waals surface area contributed by atoms with Gasteiger partial charge in [-0.05, 0) is 55.3 Å². The first-order chi connectivity index (χ1) is 17.4. The van der Waals surface area contributed by atoms with Gasteiger partial charge in [0, 0.05) is 17.8 Å². The average molecular weight is 552 g/mol. The normalized spacial score (nSPS) is 13.0. The minimum absolute atomic E-state index is 0.0326. The monoisotopic (exact) mass is 551 g/mol. The standard InChI is InChI=1S/C24H18ClF4N5O2S/c1-3-14-9-21-16(10-19(14)26)17(11-30)22(34(21)23-18(25)5-4-8-31-23)20-7-6-15(12-32-20)37(35,36)33-13(2)24(27,28)29/h4-10,12-13,33H,3H2,1-2H3/t13-/m0/s1. The van der Waals surface area contributed by atoms with Crippen LogP contribution in [0.4, 0.5) is 17.6 Å². The summed E-state index contributed by atoms with van der Waals surface area (Å²) in [5.41, 5.74) is 1.09. The molecule has 13 heteroatoms. The summed E-state index contributed by atoms with van der Waals surface area (Å²) in [6.45, 7) is 2.45. The molecular weight excluding hydrogens is 534 g/mol. The van der Waals surface area contributed by atoms with Crippen molar-refractivity contribution in [3.8, 4) is 23.3 Å². The zero-order valence-electron chi connectivity index (χ0n) is 19.3. The van der Waals surface area contributed by atoms with E-state index >= 15 is 0 Å². The maximum Gasteiger partial charge on any atom is 0.404 e. The average Bonchev–Trinajstić information content (AvgIpc) is 3.15. The minimum atomic E-state index is -4.78. The second-order valence-corrected chi connectivity index (χ2v) is 10.2. The lowest BCUT2D eigenvalue weighted by Gasteiger charge is -2.17. The molecule has 0 aliphatic rings. The van der Waals surface area contributed by atoms with Gasteiger partial charge in [0.2, 0.25) is 10.0 Å². The van der Waals surface area contributed by atoms with E-state index in [2.05, 4.69) is 9.97 Å². The topological polar surface area (TPSA) is 101 Å². The van der Waals surface area contributed by atoms with Crippen molar-refractivity contribution in [2.75, 3.05) is 0 Å². The SMILES string of the molecule is CCc1cc2c(cc1F)c(C#N)c(-c1ccc(S(=O)(=O)N[C@@H](C)C(F)(F)F)cn1)n2-c1ncccc1Cl. The molecule has 0 amide bonds. The summed E-state index contributed by atoms with van der Waals surface area (Å²) in [6, 6.07) is 8.01. The molecule has 192 valence electrons. The van der Waals surface area contributed by atoms with Gasteiger partial charge in [0.1, 0.15) is 22.8 Å². The second-order valence-electron chi connectivity index (χ2n) is 8.06. The van der Waals surface area contributed by atoms with Crippen molar-refractivity contribution in [1.29, 1.82) is 5.26 Å². The number of nitriles is 1. The fraction of sp³-hybridized carbons (Fsp3) is 0.208. The summed E-state index contributed by atoms with van der Waals surface area (Å²) >= 11 is 6.41. The highest BCUT2D eigenvalue weighted by atomic mass is 35.5. The first-order valence-corrected chi connectivity index (χ1v) is 12.7. The van der Waals surface area contributed by atoms with Crippen molar-refractivity contribution >= 4 is 32.5 Å². The van der Waals surface area contributed by atoms with Crippen LogP contribution in [0.5, 0.6) is 0 Å². The third-order valence-corrected chi connectivity index (χ3v) is 7.51. The molecule has 4 aromatic rings. The molecule has 0 radical (unpaired) electrons. The van der Waals surface area contributed by atoms with Gasteiger partial charge in [0.05, 0.1) is 27.5 Å². The van der Waals surface area contributed by atoms with Gasteiger partial charge in [0.25, 0.3) is 0 Å². The molecule has 0 saturated heterocycles. The Morgan fingerprint density at radius 3 is 2.51 bits per heavy atom. The Morgan fingerprint density at radius 2 is 1.95 bits per heavy atom. The Labute approximate surface area is 214 Å². The Hall–Kier alpha value is -3.53. The van der Waals surface area contributed by atoms with Crippen LogP contribution in [0.1, 0.15) is 25.0 Å². The number of nitrogens with zero attached hydrogens (tertiary/aromatic N) is 4. The molecule has 0 bridgehead atoms. The Balaban J connectivity index is 1.95. The molecule has 0 unspecified atom stereocenters. The van der Waals surface area contributed by atoms with Gasteiger partial charge in [-0.3, -0.25) is 9.55 Å². The van der Waals surface area contributed by atoms with Crippen molar-refractivity contribution < 1.29 is 26.0 Å². The van der Waals surface area contributed by atoms with Crippen molar-refractivity contribution in [1.82, 2.24) is 19.3 Å². The molecule has 1 aromatic carbocycles. The molecule has 37 heavy (non-hydrogen) atoms. The number of hydrogen-bond donors (Lipinski definition) is 1. The quantitative estimate of drug-likeness (QED) is 0.317. The number of rotatable bonds is 6. The van der Waals surface area contributed by atoms with E-state index in [4.69, 9.17) is 11.6 Å². The predicted octanol–water partition coefficient (Wildman–Crippen LogP) is 5.54. The first kappa shape index (κ1) is 26.5. The van der Waals surface area contributed by atoms with Gasteiger partial charge in [0.15, 0.2) is 5.82 Å². The molecule has 3 aromatic heterocycles. The van der Waals surface area contributed by atoms with Gasteiger partial charge in [-0.25, -0.2) is 17.8 Å². The molecule has 0 aliphatic heterocycles. The molecule has 7 nitrogen and oxygen atoms in total. The van der Waals surface area contributed by atoms with Crippen LogP contribution in [0.25, 0.3) is 28.1 Å². The predicted molar refractivity (Wildman–Crippen MR) is 129 cm³/mol. The number of nitrogens with one attached hydrogen (secondary N) is 1. The van der Waals surface area contributed by atoms with E-state index in [9.17, 15) is 31.2 Å². The molecule has 0 saturated carbocycles. The maximum absolute atomic E-state index is 14.7. The largest absolute Gasteiger partial charge is 0.404 e. The van der Waals surface area contributed by atoms with E-state index in [0.29, 0.717) is 24.4 Å². The van der Waals surface area contributed by atoms with Crippen LogP contribution in [0.3, 0.4) is 0 Å². The molecule has 0 aliphatic carbocycles. The lowest BCUT2D eigenvalue weighted by Crippen LogP contribution is -2.42. The van der Waals surface area contributed by atoms with E-state index in [1.165, 1.54) is 22.9 Å². The van der Waals surface area contributed by atoms with Crippen molar-refractivity contribution in [2.24, 2.45) is 0 Å². The fourth-order valence-electron chi connectivity index (χ4n) is 3.79. The van der Waals surface area contributed by atoms with Crippen LogP contribution in [-0.4, -0.2) is 35.2 Å². The molecule has 1 N–H and O–H groups in total. The van der Waals surface area contributed by atoms with Gasteiger partial charge in [-0.15, -0.1) is 0 Å². The number of pyridine rings is 2. The number of alkyl halides is 3. The highest BCUT2D eigenvalue weighted by molar-refractivity contribution is 7.89. The van der Waals surface area contributed by atoms with E-state index in [0.717, 1.165) is 12.3 Å². The Morgan fingerprint density at radius 1 is 1.22 bits per heavy atom. The first-order valence-electron chi connectivity index (χ1n) is 10.8. The second kappa shape index (κ2) is 9.74. The molecule has 1 atom stereocenters. The van der Waals surface area contributed by atoms with Gasteiger partial charge in [-0.2, -0.15) is 23.2 Å². The van der Waals surface area contributed by atoms with Gasteiger partial charge >= 0.3 is 6.18 Å². The van der Waals surface area contributed by atoms with E-state index < -0.39 is 33.0 Å². The summed E-state index contributed by atoms with van der Waals surface area (Å²) in [5, 5.41) is 10.5. The smallest absolute Gasteiger partial charge is 0.290 e. The number of halogens is 5. The van der Waals surface area contributed by atoms with Crippen LogP contribution in [0.2, 0.25) is 5.02 Å². The molecule has 4 rings (SSSR count). The summed E-state index contributed by atoms with van der Waals surface area (Å²) < 4.78 is 81.3. The molecular formula is C24H18ClF4N5O2S. The molecule has 0 fully saturated rings. The summed E-state index contributed by atoms with van der Waals surface area (Å²) in [7, 11) is -4.55. The molecule has 3 heterocycles. The zero-order chi connectivity index (χ0) is 27.1. The van der Waals surface area contributed by atoms with Gasteiger partial charge in [-0.1, -0.05) is 18.5 Å². The third-order valence-electron chi connectivity index (χ3n) is 5.69. The minimum Gasteiger partial charge on any atom is -0.290 e. The van der Waals surface area contributed by atoms with Crippen LogP contribution in [-0.2, 0) is 16.4 Å². The highest BCUT2D eigenvalue weighted by Crippen LogP contribution is 2.38. The number of hydrogen-bond acceptors (Lipinski definition) is 5. The van der Waals surface area contributed by atoms with Crippen molar-refractivity contribution in [3.63, 3.8) is 0 Å². The summed E-state index contributed by atoms with van der Waals surface area (Å²) in [4.78, 5) is 7.93. The van der Waals surface area contributed by atoms with E-state index in [1.807, 2.05) is 6.07 Å². The van der Waals surface area contributed by atoms with Crippen molar-refractivity contribution in [2.45, 2.75) is 37.4 Å². The summed E-state index contributed by atoms with van der Waals surface area (Å²) in [5.74, 6) is -0.292. The number of aryl methyl sites for hydroxylation is 1. The van der Waals surface area contributed by atoms with Crippen LogP contribution in [0, 0.1) is 17.1 Å². The van der Waals surface area contributed by atoms with Crippen molar-refractivity contribution in [3.05, 3.63) is 70.8 Å². The maximum atomic E-state index is 14.7. The Kier molecular flexibility index (Phi) is 6.98. The summed E-state index contributed by atoms with van der Waals surface area (Å²) in [6.07, 6.45) is -2.06. The Bertz CT molecular complexity index is 1650. The number of benzene rings is 1. The number of fused-ring (bicyclic) bond motifs is 1. The van der Waals surface area contributed by atoms with Crippen LogP contribution < -0.4 is 4.72 Å². The molecule has 0 spiro atoms. The fourth-order valence-corrected chi connectivity index (χ4v) is 5.17. The highest BCUT2D eigenvalue weighted by Gasteiger charge is 2.39. The van der Waals surface area contributed by atoms with Crippen LogP contribution in [0.15, 0.2) is 53.7 Å². The lowest BCUT2D eigenvalue weighted by atomic mass is 10.1. The number of sulfonamides is 1. The third kappa shape index (κ3) is 4.90.